The maximum absolute atomic E-state index is 12.4. The van der Waals surface area contributed by atoms with Crippen molar-refractivity contribution < 1.29 is 9.09 Å². The van der Waals surface area contributed by atoms with E-state index in [0.29, 0.717) is 5.75 Å². The standard InChI is InChI=1S/C20H27O2P/c1-19(2,3)15-7-11-17(12-8-15)22-23(21)18-13-9-16(10-14-18)20(4,5)6/h7-14,23H,1-6H3. The van der Waals surface area contributed by atoms with E-state index in [4.69, 9.17) is 4.52 Å². The van der Waals surface area contributed by atoms with Crippen LogP contribution in [0.3, 0.4) is 0 Å². The Morgan fingerprint density at radius 2 is 1.09 bits per heavy atom. The number of hydrogen-bond acceptors (Lipinski definition) is 2. The van der Waals surface area contributed by atoms with Crippen LogP contribution in [0.4, 0.5) is 0 Å². The predicted molar refractivity (Wildman–Crippen MR) is 99.5 cm³/mol. The summed E-state index contributed by atoms with van der Waals surface area (Å²) < 4.78 is 18.1. The highest BCUT2D eigenvalue weighted by atomic mass is 31.1. The lowest BCUT2D eigenvalue weighted by atomic mass is 9.87. The largest absolute Gasteiger partial charge is 0.442 e. The molecule has 23 heavy (non-hydrogen) atoms. The molecule has 0 saturated heterocycles. The van der Waals surface area contributed by atoms with Gasteiger partial charge in [-0.15, -0.1) is 0 Å². The minimum Gasteiger partial charge on any atom is -0.442 e. The molecule has 0 N–H and O–H groups in total. The normalized spacial score (nSPS) is 13.7. The zero-order chi connectivity index (χ0) is 17.3. The minimum absolute atomic E-state index is 0.0952. The summed E-state index contributed by atoms with van der Waals surface area (Å²) in [6, 6.07) is 15.7. The molecule has 0 amide bonds. The third kappa shape index (κ3) is 4.72. The number of benzene rings is 2. The Kier molecular flexibility index (Phi) is 5.06. The van der Waals surface area contributed by atoms with Crippen LogP contribution in [0.1, 0.15) is 52.7 Å². The molecule has 2 aromatic rings. The lowest BCUT2D eigenvalue weighted by molar-refractivity contribution is 0.513. The first-order valence-electron chi connectivity index (χ1n) is 8.01. The maximum Gasteiger partial charge on any atom is 0.265 e. The van der Waals surface area contributed by atoms with Crippen molar-refractivity contribution in [2.24, 2.45) is 0 Å². The first-order valence-corrected chi connectivity index (χ1v) is 9.32. The van der Waals surface area contributed by atoms with Gasteiger partial charge in [0.25, 0.3) is 8.03 Å². The second-order valence-electron chi connectivity index (χ2n) is 7.99. The quantitative estimate of drug-likeness (QED) is 0.698. The lowest BCUT2D eigenvalue weighted by Crippen LogP contribution is -2.12. The Labute approximate surface area is 140 Å². The van der Waals surface area contributed by atoms with Crippen molar-refractivity contribution in [3.05, 3.63) is 59.7 Å². The van der Waals surface area contributed by atoms with Gasteiger partial charge in [-0.1, -0.05) is 65.8 Å². The van der Waals surface area contributed by atoms with Crippen molar-refractivity contribution in [1.82, 2.24) is 0 Å². The van der Waals surface area contributed by atoms with Gasteiger partial charge in [0.2, 0.25) is 0 Å². The molecule has 1 atom stereocenters. The molecule has 0 saturated carbocycles. The predicted octanol–water partition coefficient (Wildman–Crippen LogP) is 5.46. The molecule has 0 aromatic heterocycles. The molecule has 0 aliphatic carbocycles. The van der Waals surface area contributed by atoms with Crippen LogP contribution in [-0.4, -0.2) is 0 Å². The van der Waals surface area contributed by atoms with Gasteiger partial charge in [-0.05, 0) is 46.2 Å². The van der Waals surface area contributed by atoms with Crippen molar-refractivity contribution in [3.63, 3.8) is 0 Å². The van der Waals surface area contributed by atoms with E-state index < -0.39 is 8.03 Å². The summed E-state index contributed by atoms with van der Waals surface area (Å²) in [6.07, 6.45) is 0. The highest BCUT2D eigenvalue weighted by molar-refractivity contribution is 7.48. The zero-order valence-electron chi connectivity index (χ0n) is 14.9. The van der Waals surface area contributed by atoms with E-state index in [0.717, 1.165) is 5.30 Å². The Balaban J connectivity index is 2.10. The topological polar surface area (TPSA) is 26.3 Å². The molecule has 0 fully saturated rings. The first kappa shape index (κ1) is 17.8. The fourth-order valence-corrected chi connectivity index (χ4v) is 3.20. The van der Waals surface area contributed by atoms with Gasteiger partial charge in [-0.2, -0.15) is 0 Å². The van der Waals surface area contributed by atoms with Gasteiger partial charge in [-0.3, -0.25) is 4.57 Å². The summed E-state index contributed by atoms with van der Waals surface area (Å²) in [6.45, 7) is 13.0. The van der Waals surface area contributed by atoms with Crippen LogP contribution in [0, 0.1) is 0 Å². The minimum atomic E-state index is -2.28. The van der Waals surface area contributed by atoms with Gasteiger partial charge in [0.05, 0.1) is 0 Å². The van der Waals surface area contributed by atoms with Gasteiger partial charge in [0.15, 0.2) is 0 Å². The summed E-state index contributed by atoms with van der Waals surface area (Å²) in [5.41, 5.74) is 2.66. The van der Waals surface area contributed by atoms with E-state index in [9.17, 15) is 4.57 Å². The van der Waals surface area contributed by atoms with Crippen LogP contribution in [-0.2, 0) is 15.4 Å². The average molecular weight is 330 g/mol. The number of rotatable bonds is 3. The molecule has 0 bridgehead atoms. The van der Waals surface area contributed by atoms with E-state index in [1.807, 2.05) is 48.5 Å². The molecule has 2 rings (SSSR count). The highest BCUT2D eigenvalue weighted by Gasteiger charge is 2.15. The van der Waals surface area contributed by atoms with E-state index in [1.165, 1.54) is 11.1 Å². The smallest absolute Gasteiger partial charge is 0.265 e. The van der Waals surface area contributed by atoms with Gasteiger partial charge in [-0.25, -0.2) is 0 Å². The molecule has 0 heterocycles. The zero-order valence-corrected chi connectivity index (χ0v) is 15.9. The maximum atomic E-state index is 12.4. The van der Waals surface area contributed by atoms with Gasteiger partial charge < -0.3 is 4.52 Å². The van der Waals surface area contributed by atoms with E-state index >= 15 is 0 Å². The number of hydrogen-bond donors (Lipinski definition) is 0. The third-order valence-corrected chi connectivity index (χ3v) is 5.14. The Bertz CT molecular complexity index is 672. The molecular weight excluding hydrogens is 303 g/mol. The Morgan fingerprint density at radius 3 is 1.48 bits per heavy atom. The summed E-state index contributed by atoms with van der Waals surface area (Å²) in [7, 11) is -2.28. The van der Waals surface area contributed by atoms with Crippen LogP contribution >= 0.6 is 8.03 Å². The van der Waals surface area contributed by atoms with Gasteiger partial charge in [0, 0.05) is 5.30 Å². The van der Waals surface area contributed by atoms with Crippen LogP contribution in [0.25, 0.3) is 0 Å². The van der Waals surface area contributed by atoms with Crippen molar-refractivity contribution >= 4 is 13.3 Å². The summed E-state index contributed by atoms with van der Waals surface area (Å²) in [5.74, 6) is 0.654. The molecule has 0 radical (unpaired) electrons. The van der Waals surface area contributed by atoms with Crippen LogP contribution < -0.4 is 9.83 Å². The van der Waals surface area contributed by atoms with E-state index in [-0.39, 0.29) is 10.8 Å². The van der Waals surface area contributed by atoms with Crippen LogP contribution in [0.2, 0.25) is 0 Å². The first-order chi connectivity index (χ1) is 10.6. The Hall–Kier alpha value is -1.53. The van der Waals surface area contributed by atoms with Crippen LogP contribution in [0.5, 0.6) is 5.75 Å². The molecule has 2 nitrogen and oxygen atoms in total. The fraction of sp³-hybridized carbons (Fsp3) is 0.400. The monoisotopic (exact) mass is 330 g/mol. The molecule has 3 heteroatoms. The van der Waals surface area contributed by atoms with Gasteiger partial charge in [0.1, 0.15) is 5.75 Å². The highest BCUT2D eigenvalue weighted by Crippen LogP contribution is 2.30. The summed E-state index contributed by atoms with van der Waals surface area (Å²) in [4.78, 5) is 0. The van der Waals surface area contributed by atoms with Crippen molar-refractivity contribution in [2.75, 3.05) is 0 Å². The molecule has 0 aliphatic rings. The van der Waals surface area contributed by atoms with Crippen molar-refractivity contribution in [2.45, 2.75) is 52.4 Å². The van der Waals surface area contributed by atoms with E-state index in [1.54, 1.807) is 0 Å². The molecule has 1 unspecified atom stereocenters. The Morgan fingerprint density at radius 1 is 0.696 bits per heavy atom. The molecule has 0 spiro atoms. The summed E-state index contributed by atoms with van der Waals surface area (Å²) >= 11 is 0. The van der Waals surface area contributed by atoms with Crippen molar-refractivity contribution in [3.8, 4) is 5.75 Å². The SMILES string of the molecule is CC(C)(C)c1ccc(O[PH](=O)c2ccc(C(C)(C)C)cc2)cc1. The van der Waals surface area contributed by atoms with Gasteiger partial charge >= 0.3 is 0 Å². The molecule has 2 aromatic carbocycles. The second kappa shape index (κ2) is 6.53. The fourth-order valence-electron chi connectivity index (χ4n) is 2.30. The molecule has 0 aliphatic heterocycles. The third-order valence-electron chi connectivity index (χ3n) is 3.92. The van der Waals surface area contributed by atoms with Crippen molar-refractivity contribution in [1.29, 1.82) is 0 Å². The molecular formula is C20H27O2P. The van der Waals surface area contributed by atoms with E-state index in [2.05, 4.69) is 41.5 Å². The average Bonchev–Trinajstić information content (AvgIpc) is 2.46. The lowest BCUT2D eigenvalue weighted by Gasteiger charge is -2.19. The summed E-state index contributed by atoms with van der Waals surface area (Å²) in [5, 5.41) is 0.753. The second-order valence-corrected chi connectivity index (χ2v) is 9.35. The van der Waals surface area contributed by atoms with Crippen LogP contribution in [0.15, 0.2) is 48.5 Å². The molecule has 124 valence electrons.